The number of hydrogen-bond acceptors (Lipinski definition) is 5. The topological polar surface area (TPSA) is 75.6 Å². The molecule has 1 fully saturated rings. The molecule has 1 aliphatic carbocycles. The van der Waals surface area contributed by atoms with E-state index in [0.717, 1.165) is 18.8 Å². The molecule has 2 N–H and O–H groups in total. The average Bonchev–Trinajstić information content (AvgIpc) is 2.75. The zero-order valence-electron chi connectivity index (χ0n) is 12.0. The molecule has 0 aromatic heterocycles. The van der Waals surface area contributed by atoms with Gasteiger partial charge in [-0.2, -0.15) is 0 Å². The number of hydrogen-bond donors (Lipinski definition) is 2. The van der Waals surface area contributed by atoms with E-state index in [2.05, 4.69) is 12.2 Å². The van der Waals surface area contributed by atoms with Crippen molar-refractivity contribution in [2.75, 3.05) is 18.9 Å². The monoisotopic (exact) mass is 303 g/mol. The maximum Gasteiger partial charge on any atom is 0.173 e. The van der Waals surface area contributed by atoms with E-state index in [0.29, 0.717) is 13.2 Å². The summed E-state index contributed by atoms with van der Waals surface area (Å²) in [6.45, 7) is 2.93. The first-order chi connectivity index (χ1) is 9.44. The summed E-state index contributed by atoms with van der Waals surface area (Å²) in [5, 5.41) is 14.1. The number of sulfone groups is 1. The van der Waals surface area contributed by atoms with Crippen molar-refractivity contribution in [3.05, 3.63) is 11.5 Å². The van der Waals surface area contributed by atoms with Crippen LogP contribution in [-0.2, 0) is 14.6 Å². The molecule has 0 radical (unpaired) electrons. The largest absolute Gasteiger partial charge is 0.389 e. The highest BCUT2D eigenvalue weighted by molar-refractivity contribution is 7.94. The second-order valence-corrected chi connectivity index (χ2v) is 7.97. The van der Waals surface area contributed by atoms with Crippen molar-refractivity contribution in [2.24, 2.45) is 5.92 Å². The molecule has 0 aromatic carbocycles. The van der Waals surface area contributed by atoms with Crippen molar-refractivity contribution in [3.8, 4) is 0 Å². The number of aliphatic hydroxyl groups is 1. The minimum atomic E-state index is -3.03. The molecule has 0 spiro atoms. The molecule has 0 bridgehead atoms. The molecule has 5 nitrogen and oxygen atoms in total. The molecular formula is C14H25NO4S. The van der Waals surface area contributed by atoms with E-state index in [1.807, 2.05) is 0 Å². The van der Waals surface area contributed by atoms with Gasteiger partial charge in [-0.15, -0.1) is 0 Å². The Labute approximate surface area is 121 Å². The summed E-state index contributed by atoms with van der Waals surface area (Å²) < 4.78 is 28.2. The third-order valence-electron chi connectivity index (χ3n) is 4.03. The molecule has 2 rings (SSSR count). The van der Waals surface area contributed by atoms with Gasteiger partial charge in [-0.3, -0.25) is 0 Å². The molecule has 2 unspecified atom stereocenters. The standard InChI is InChI=1S/C14H25NO4S/c1-11-2-4-14(5-3-11)19-9-13(16)8-15-12-6-7-20(17,18)10-12/h6-7,11-16H,2-5,8-10H2,1H3. The summed E-state index contributed by atoms with van der Waals surface area (Å²) in [5.74, 6) is 0.874. The van der Waals surface area contributed by atoms with Gasteiger partial charge in [0.05, 0.1) is 24.6 Å². The van der Waals surface area contributed by atoms with Gasteiger partial charge < -0.3 is 15.2 Å². The van der Waals surface area contributed by atoms with E-state index in [4.69, 9.17) is 4.74 Å². The molecule has 1 heterocycles. The van der Waals surface area contributed by atoms with Crippen LogP contribution in [0.3, 0.4) is 0 Å². The van der Waals surface area contributed by atoms with Crippen LogP contribution in [0.4, 0.5) is 0 Å². The Kier molecular flexibility index (Phi) is 5.60. The van der Waals surface area contributed by atoms with E-state index < -0.39 is 15.9 Å². The molecule has 1 aliphatic heterocycles. The van der Waals surface area contributed by atoms with Crippen molar-refractivity contribution in [1.82, 2.24) is 5.32 Å². The van der Waals surface area contributed by atoms with Gasteiger partial charge in [0, 0.05) is 18.0 Å². The highest BCUT2D eigenvalue weighted by Gasteiger charge is 2.23. The fourth-order valence-electron chi connectivity index (χ4n) is 2.69. The van der Waals surface area contributed by atoms with Crippen LogP contribution in [0.1, 0.15) is 32.6 Å². The predicted octanol–water partition coefficient (Wildman–Crippen LogP) is 0.843. The van der Waals surface area contributed by atoms with Gasteiger partial charge in [0.15, 0.2) is 9.84 Å². The Morgan fingerprint density at radius 2 is 2.05 bits per heavy atom. The van der Waals surface area contributed by atoms with Crippen LogP contribution >= 0.6 is 0 Å². The smallest absolute Gasteiger partial charge is 0.173 e. The molecule has 2 aliphatic rings. The predicted molar refractivity (Wildman–Crippen MR) is 78.1 cm³/mol. The molecule has 0 saturated heterocycles. The molecular weight excluding hydrogens is 278 g/mol. The maximum absolute atomic E-state index is 11.2. The average molecular weight is 303 g/mol. The first kappa shape index (κ1) is 15.9. The molecule has 20 heavy (non-hydrogen) atoms. The summed E-state index contributed by atoms with van der Waals surface area (Å²) in [7, 11) is -3.03. The highest BCUT2D eigenvalue weighted by atomic mass is 32.2. The second-order valence-electron chi connectivity index (χ2n) is 6.04. The lowest BCUT2D eigenvalue weighted by molar-refractivity contribution is -0.0280. The summed E-state index contributed by atoms with van der Waals surface area (Å²) in [6, 6.07) is -0.190. The lowest BCUT2D eigenvalue weighted by atomic mass is 9.89. The molecule has 0 amide bonds. The second kappa shape index (κ2) is 7.02. The summed E-state index contributed by atoms with van der Waals surface area (Å²) in [4.78, 5) is 0. The summed E-state index contributed by atoms with van der Waals surface area (Å²) in [5.41, 5.74) is 0. The molecule has 116 valence electrons. The Morgan fingerprint density at radius 3 is 2.65 bits per heavy atom. The van der Waals surface area contributed by atoms with Crippen LogP contribution in [0, 0.1) is 5.92 Å². The van der Waals surface area contributed by atoms with Crippen LogP contribution in [0.25, 0.3) is 0 Å². The molecule has 1 saturated carbocycles. The van der Waals surface area contributed by atoms with E-state index in [-0.39, 0.29) is 17.9 Å². The fraction of sp³-hybridized carbons (Fsp3) is 0.857. The van der Waals surface area contributed by atoms with Crippen molar-refractivity contribution in [3.63, 3.8) is 0 Å². The normalized spacial score (nSPS) is 34.2. The van der Waals surface area contributed by atoms with Gasteiger partial charge >= 0.3 is 0 Å². The molecule has 2 atom stereocenters. The lowest BCUT2D eigenvalue weighted by Gasteiger charge is -2.27. The van der Waals surface area contributed by atoms with E-state index in [1.54, 1.807) is 6.08 Å². The van der Waals surface area contributed by atoms with E-state index >= 15 is 0 Å². The van der Waals surface area contributed by atoms with Crippen LogP contribution in [-0.4, -0.2) is 50.7 Å². The van der Waals surface area contributed by atoms with Gasteiger partial charge in [0.25, 0.3) is 0 Å². The third-order valence-corrected chi connectivity index (χ3v) is 5.43. The van der Waals surface area contributed by atoms with E-state index in [9.17, 15) is 13.5 Å². The van der Waals surface area contributed by atoms with Crippen molar-refractivity contribution < 1.29 is 18.3 Å². The third kappa shape index (κ3) is 5.16. The molecule has 0 aromatic rings. The maximum atomic E-state index is 11.2. The fourth-order valence-corrected chi connectivity index (χ4v) is 3.96. The summed E-state index contributed by atoms with van der Waals surface area (Å²) in [6.07, 6.45) is 5.85. The van der Waals surface area contributed by atoms with Crippen LogP contribution in [0.5, 0.6) is 0 Å². The number of nitrogens with one attached hydrogen (secondary N) is 1. The van der Waals surface area contributed by atoms with E-state index in [1.165, 1.54) is 18.2 Å². The van der Waals surface area contributed by atoms with Crippen LogP contribution < -0.4 is 5.32 Å². The highest BCUT2D eigenvalue weighted by Crippen LogP contribution is 2.25. The number of ether oxygens (including phenoxy) is 1. The first-order valence-corrected chi connectivity index (χ1v) is 9.10. The minimum Gasteiger partial charge on any atom is -0.389 e. The number of aliphatic hydroxyl groups excluding tert-OH is 1. The van der Waals surface area contributed by atoms with Crippen molar-refractivity contribution in [2.45, 2.75) is 50.9 Å². The van der Waals surface area contributed by atoms with Crippen molar-refractivity contribution >= 4 is 9.84 Å². The SMILES string of the molecule is CC1CCC(OCC(O)CNC2C=CS(=O)(=O)C2)CC1. The van der Waals surface area contributed by atoms with Gasteiger partial charge in [0.2, 0.25) is 0 Å². The first-order valence-electron chi connectivity index (χ1n) is 7.38. The number of rotatable bonds is 6. The molecule has 6 heteroatoms. The lowest BCUT2D eigenvalue weighted by Crippen LogP contribution is -2.38. The van der Waals surface area contributed by atoms with Gasteiger partial charge in [0.1, 0.15) is 0 Å². The Balaban J connectivity index is 1.59. The quantitative estimate of drug-likeness (QED) is 0.760. The Morgan fingerprint density at radius 1 is 1.35 bits per heavy atom. The van der Waals surface area contributed by atoms with Crippen LogP contribution in [0.15, 0.2) is 11.5 Å². The minimum absolute atomic E-state index is 0.0844. The Bertz CT molecular complexity index is 426. The van der Waals surface area contributed by atoms with Crippen molar-refractivity contribution in [1.29, 1.82) is 0 Å². The zero-order valence-corrected chi connectivity index (χ0v) is 12.8. The van der Waals surface area contributed by atoms with Crippen LogP contribution in [0.2, 0.25) is 0 Å². The van der Waals surface area contributed by atoms with Gasteiger partial charge in [-0.1, -0.05) is 13.0 Å². The van der Waals surface area contributed by atoms with Gasteiger partial charge in [-0.25, -0.2) is 8.42 Å². The van der Waals surface area contributed by atoms with Gasteiger partial charge in [-0.05, 0) is 31.6 Å². The Hall–Kier alpha value is -0.430. The zero-order chi connectivity index (χ0) is 14.6. The summed E-state index contributed by atoms with van der Waals surface area (Å²) >= 11 is 0.